The molecule has 0 aromatic heterocycles. The van der Waals surface area contributed by atoms with Gasteiger partial charge in [-0.2, -0.15) is 0 Å². The first kappa shape index (κ1) is 22.1. The van der Waals surface area contributed by atoms with Crippen molar-refractivity contribution in [3.05, 3.63) is 24.0 Å². The number of allylic oxidation sites excluding steroid dienone is 1. The standard InChI is InChI=1S/C23H44N2/c1-4-5-6-7-8-9-10-11-12-13-14-15-16-17-20-25-21-18-23(19-22-25)24(2)3/h18-19,21H,4-17,20,22H2,1-3H3. The molecule has 0 spiro atoms. The summed E-state index contributed by atoms with van der Waals surface area (Å²) in [6.45, 7) is 4.58. The van der Waals surface area contributed by atoms with Gasteiger partial charge in [0.05, 0.1) is 0 Å². The summed E-state index contributed by atoms with van der Waals surface area (Å²) < 4.78 is 0. The Hall–Kier alpha value is -0.920. The summed E-state index contributed by atoms with van der Waals surface area (Å²) in [6, 6.07) is 0. The fourth-order valence-electron chi connectivity index (χ4n) is 3.53. The van der Waals surface area contributed by atoms with Crippen LogP contribution in [0.4, 0.5) is 0 Å². The van der Waals surface area contributed by atoms with Gasteiger partial charge in [-0.15, -0.1) is 0 Å². The molecule has 25 heavy (non-hydrogen) atoms. The highest BCUT2D eigenvalue weighted by molar-refractivity contribution is 5.20. The zero-order valence-electron chi connectivity index (χ0n) is 17.4. The molecule has 1 rings (SSSR count). The maximum Gasteiger partial charge on any atom is 0.0376 e. The molecule has 1 aliphatic rings. The molecule has 0 bridgehead atoms. The zero-order valence-corrected chi connectivity index (χ0v) is 17.4. The van der Waals surface area contributed by atoms with Crippen LogP contribution in [0, 0.1) is 0 Å². The van der Waals surface area contributed by atoms with Crippen molar-refractivity contribution in [2.75, 3.05) is 27.2 Å². The largest absolute Gasteiger partial charge is 0.378 e. The molecule has 2 nitrogen and oxygen atoms in total. The molecule has 1 aliphatic heterocycles. The molecule has 146 valence electrons. The van der Waals surface area contributed by atoms with E-state index in [1.165, 1.54) is 102 Å². The Bertz CT molecular complexity index is 357. The smallest absolute Gasteiger partial charge is 0.0376 e. The maximum atomic E-state index is 2.44. The molecule has 1 heterocycles. The third-order valence-electron chi connectivity index (χ3n) is 5.31. The molecule has 0 saturated carbocycles. The Morgan fingerprint density at radius 3 is 1.64 bits per heavy atom. The Morgan fingerprint density at radius 2 is 1.24 bits per heavy atom. The van der Waals surface area contributed by atoms with Crippen LogP contribution in [-0.2, 0) is 0 Å². The Labute approximate surface area is 158 Å². The molecule has 0 fully saturated rings. The normalized spacial score (nSPS) is 14.0. The van der Waals surface area contributed by atoms with E-state index in [2.05, 4.69) is 49.2 Å². The third-order valence-corrected chi connectivity index (χ3v) is 5.31. The molecule has 0 aromatic carbocycles. The SMILES string of the molecule is CCCCCCCCCCCCCCCCN1C=CC(N(C)C)=CC1. The highest BCUT2D eigenvalue weighted by Gasteiger charge is 2.05. The van der Waals surface area contributed by atoms with Gasteiger partial charge in [-0.1, -0.05) is 90.4 Å². The molecular weight excluding hydrogens is 304 g/mol. The van der Waals surface area contributed by atoms with E-state index in [0.717, 1.165) is 6.54 Å². The molecule has 0 amide bonds. The van der Waals surface area contributed by atoms with Crippen LogP contribution in [0.5, 0.6) is 0 Å². The second-order valence-electron chi connectivity index (χ2n) is 7.93. The van der Waals surface area contributed by atoms with Gasteiger partial charge >= 0.3 is 0 Å². The van der Waals surface area contributed by atoms with Gasteiger partial charge in [0.25, 0.3) is 0 Å². The van der Waals surface area contributed by atoms with Crippen LogP contribution in [-0.4, -0.2) is 37.0 Å². The summed E-state index contributed by atoms with van der Waals surface area (Å²) in [7, 11) is 4.22. The van der Waals surface area contributed by atoms with Crippen LogP contribution in [0.1, 0.15) is 96.8 Å². The summed E-state index contributed by atoms with van der Waals surface area (Å²) in [5.41, 5.74) is 1.33. The highest BCUT2D eigenvalue weighted by Crippen LogP contribution is 2.14. The molecular formula is C23H44N2. The molecule has 0 saturated heterocycles. The maximum absolute atomic E-state index is 2.44. The van der Waals surface area contributed by atoms with Crippen LogP contribution in [0.3, 0.4) is 0 Å². The average Bonchev–Trinajstić information content (AvgIpc) is 2.62. The number of rotatable bonds is 16. The lowest BCUT2D eigenvalue weighted by Crippen LogP contribution is -2.24. The van der Waals surface area contributed by atoms with Gasteiger partial charge in [0.2, 0.25) is 0 Å². The summed E-state index contributed by atoms with van der Waals surface area (Å²) in [5, 5.41) is 0. The molecule has 0 aliphatic carbocycles. The quantitative estimate of drug-likeness (QED) is 0.285. The molecule has 0 aromatic rings. The molecule has 0 radical (unpaired) electrons. The first-order valence-corrected chi connectivity index (χ1v) is 11.0. The first-order chi connectivity index (χ1) is 12.2. The van der Waals surface area contributed by atoms with Crippen LogP contribution >= 0.6 is 0 Å². The predicted molar refractivity (Wildman–Crippen MR) is 113 cm³/mol. The second kappa shape index (κ2) is 15.3. The van der Waals surface area contributed by atoms with E-state index < -0.39 is 0 Å². The van der Waals surface area contributed by atoms with Crippen molar-refractivity contribution in [1.29, 1.82) is 0 Å². The Balaban J connectivity index is 1.79. The van der Waals surface area contributed by atoms with Gasteiger partial charge in [-0.05, 0) is 18.6 Å². The molecule has 0 N–H and O–H groups in total. The van der Waals surface area contributed by atoms with Crippen molar-refractivity contribution in [2.24, 2.45) is 0 Å². The van der Waals surface area contributed by atoms with Crippen LogP contribution in [0.25, 0.3) is 0 Å². The van der Waals surface area contributed by atoms with E-state index in [-0.39, 0.29) is 0 Å². The first-order valence-electron chi connectivity index (χ1n) is 11.0. The van der Waals surface area contributed by atoms with E-state index in [9.17, 15) is 0 Å². The molecule has 0 atom stereocenters. The predicted octanol–water partition coefficient (Wildman–Crippen LogP) is 6.74. The van der Waals surface area contributed by atoms with Crippen molar-refractivity contribution >= 4 is 0 Å². The van der Waals surface area contributed by atoms with Gasteiger partial charge < -0.3 is 9.80 Å². The van der Waals surface area contributed by atoms with E-state index >= 15 is 0 Å². The van der Waals surface area contributed by atoms with Gasteiger partial charge in [0.15, 0.2) is 0 Å². The van der Waals surface area contributed by atoms with E-state index in [1.54, 1.807) is 0 Å². The number of likely N-dealkylation sites (N-methyl/N-ethyl adjacent to an activating group) is 1. The fraction of sp³-hybridized carbons (Fsp3) is 0.826. The Morgan fingerprint density at radius 1 is 0.760 bits per heavy atom. The second-order valence-corrected chi connectivity index (χ2v) is 7.93. The number of nitrogens with zero attached hydrogens (tertiary/aromatic N) is 2. The number of hydrogen-bond acceptors (Lipinski definition) is 2. The third kappa shape index (κ3) is 12.1. The molecule has 2 heteroatoms. The van der Waals surface area contributed by atoms with Gasteiger partial charge in [0.1, 0.15) is 0 Å². The fourth-order valence-corrected chi connectivity index (χ4v) is 3.53. The van der Waals surface area contributed by atoms with Crippen LogP contribution < -0.4 is 0 Å². The van der Waals surface area contributed by atoms with Crippen LogP contribution in [0.15, 0.2) is 24.0 Å². The Kier molecular flexibility index (Phi) is 13.6. The van der Waals surface area contributed by atoms with Gasteiger partial charge in [-0.25, -0.2) is 0 Å². The lowest BCUT2D eigenvalue weighted by molar-refractivity contribution is 0.382. The van der Waals surface area contributed by atoms with E-state index in [4.69, 9.17) is 0 Å². The number of hydrogen-bond donors (Lipinski definition) is 0. The van der Waals surface area contributed by atoms with Crippen molar-refractivity contribution in [2.45, 2.75) is 96.8 Å². The van der Waals surface area contributed by atoms with Crippen molar-refractivity contribution in [3.8, 4) is 0 Å². The topological polar surface area (TPSA) is 6.48 Å². The lowest BCUT2D eigenvalue weighted by atomic mass is 10.0. The van der Waals surface area contributed by atoms with E-state index in [1.807, 2.05) is 0 Å². The molecule has 0 unspecified atom stereocenters. The number of unbranched alkanes of at least 4 members (excludes halogenated alkanes) is 13. The summed E-state index contributed by atoms with van der Waals surface area (Å²) >= 11 is 0. The summed E-state index contributed by atoms with van der Waals surface area (Å²) in [5.74, 6) is 0. The van der Waals surface area contributed by atoms with Gasteiger partial charge in [-0.3, -0.25) is 0 Å². The zero-order chi connectivity index (χ0) is 18.2. The van der Waals surface area contributed by atoms with E-state index in [0.29, 0.717) is 0 Å². The lowest BCUT2D eigenvalue weighted by Gasteiger charge is -2.25. The minimum atomic E-state index is 1.07. The van der Waals surface area contributed by atoms with Crippen LogP contribution in [0.2, 0.25) is 0 Å². The minimum Gasteiger partial charge on any atom is -0.378 e. The van der Waals surface area contributed by atoms with Gasteiger partial charge in [0, 0.05) is 39.1 Å². The van der Waals surface area contributed by atoms with Crippen molar-refractivity contribution in [3.63, 3.8) is 0 Å². The van der Waals surface area contributed by atoms with Crippen molar-refractivity contribution < 1.29 is 0 Å². The average molecular weight is 349 g/mol. The monoisotopic (exact) mass is 348 g/mol. The highest BCUT2D eigenvalue weighted by atomic mass is 15.1. The summed E-state index contributed by atoms with van der Waals surface area (Å²) in [4.78, 5) is 4.62. The van der Waals surface area contributed by atoms with Crippen molar-refractivity contribution in [1.82, 2.24) is 9.80 Å². The summed E-state index contributed by atoms with van der Waals surface area (Å²) in [6.07, 6.45) is 26.9. The minimum absolute atomic E-state index is 1.07.